The van der Waals surface area contributed by atoms with Crippen LogP contribution in [-0.4, -0.2) is 12.6 Å². The highest BCUT2D eigenvalue weighted by Crippen LogP contribution is 2.31. The second-order valence-corrected chi connectivity index (χ2v) is 4.12. The fraction of sp³-hybridized carbons (Fsp3) is 0.800. The summed E-state index contributed by atoms with van der Waals surface area (Å²) in [5.41, 5.74) is 0.465. The van der Waals surface area contributed by atoms with E-state index in [0.717, 1.165) is 6.42 Å². The van der Waals surface area contributed by atoms with Gasteiger partial charge in [0, 0.05) is 6.04 Å². The lowest BCUT2D eigenvalue weighted by Gasteiger charge is -2.39. The minimum atomic E-state index is 0.465. The van der Waals surface area contributed by atoms with Gasteiger partial charge < -0.3 is 5.32 Å². The molecule has 0 bridgehead atoms. The minimum absolute atomic E-state index is 0.465. The molecule has 1 atom stereocenters. The van der Waals surface area contributed by atoms with Crippen molar-refractivity contribution in [2.24, 2.45) is 5.41 Å². The first-order chi connectivity index (χ1) is 5.17. The van der Waals surface area contributed by atoms with Gasteiger partial charge >= 0.3 is 0 Å². The quantitative estimate of drug-likeness (QED) is 0.600. The van der Waals surface area contributed by atoms with Crippen LogP contribution in [0.2, 0.25) is 0 Å². The van der Waals surface area contributed by atoms with Crippen LogP contribution in [0.4, 0.5) is 0 Å². The van der Waals surface area contributed by atoms with Crippen molar-refractivity contribution in [3.05, 3.63) is 12.7 Å². The van der Waals surface area contributed by atoms with E-state index in [1.165, 1.54) is 19.4 Å². The Morgan fingerprint density at radius 2 is 2.36 bits per heavy atom. The van der Waals surface area contributed by atoms with Crippen molar-refractivity contribution in [1.29, 1.82) is 0 Å². The van der Waals surface area contributed by atoms with Gasteiger partial charge in [-0.15, -0.1) is 6.58 Å². The molecular weight excluding hydrogens is 134 g/mol. The standard InChI is InChI=1S/C10H19N/c1-4-6-9-10(2,3)7-5-8-11-9/h4,9,11H,1,5-8H2,2-3H3/t9-/m1/s1. The van der Waals surface area contributed by atoms with Gasteiger partial charge in [0.05, 0.1) is 0 Å². The van der Waals surface area contributed by atoms with Crippen molar-refractivity contribution in [2.75, 3.05) is 6.54 Å². The molecule has 1 fully saturated rings. The summed E-state index contributed by atoms with van der Waals surface area (Å²) in [6, 6.07) is 0.647. The fourth-order valence-electron chi connectivity index (χ4n) is 1.84. The zero-order chi connectivity index (χ0) is 8.32. The Labute approximate surface area is 69.9 Å². The Morgan fingerprint density at radius 3 is 2.91 bits per heavy atom. The van der Waals surface area contributed by atoms with Gasteiger partial charge in [-0.25, -0.2) is 0 Å². The maximum atomic E-state index is 3.78. The average molecular weight is 153 g/mol. The van der Waals surface area contributed by atoms with Crippen LogP contribution in [0.15, 0.2) is 12.7 Å². The lowest BCUT2D eigenvalue weighted by Crippen LogP contribution is -2.46. The average Bonchev–Trinajstić information content (AvgIpc) is 1.94. The van der Waals surface area contributed by atoms with Crippen molar-refractivity contribution in [2.45, 2.75) is 39.2 Å². The highest BCUT2D eigenvalue weighted by molar-refractivity contribution is 4.91. The predicted octanol–water partition coefficient (Wildman–Crippen LogP) is 2.34. The van der Waals surface area contributed by atoms with Gasteiger partial charge in [0.2, 0.25) is 0 Å². The van der Waals surface area contributed by atoms with Crippen LogP contribution < -0.4 is 5.32 Å². The molecule has 0 unspecified atom stereocenters. The largest absolute Gasteiger partial charge is 0.313 e. The summed E-state index contributed by atoms with van der Waals surface area (Å²) < 4.78 is 0. The van der Waals surface area contributed by atoms with E-state index in [9.17, 15) is 0 Å². The Balaban J connectivity index is 2.52. The van der Waals surface area contributed by atoms with Crippen LogP contribution in [0.5, 0.6) is 0 Å². The summed E-state index contributed by atoms with van der Waals surface area (Å²) in [5, 5.41) is 3.54. The lowest BCUT2D eigenvalue weighted by atomic mass is 9.76. The fourth-order valence-corrected chi connectivity index (χ4v) is 1.84. The highest BCUT2D eigenvalue weighted by Gasteiger charge is 2.30. The van der Waals surface area contributed by atoms with Crippen LogP contribution in [0.25, 0.3) is 0 Å². The highest BCUT2D eigenvalue weighted by atomic mass is 14.9. The summed E-state index contributed by atoms with van der Waals surface area (Å²) in [4.78, 5) is 0. The minimum Gasteiger partial charge on any atom is -0.313 e. The summed E-state index contributed by atoms with van der Waals surface area (Å²) in [6.45, 7) is 9.64. The number of hydrogen-bond donors (Lipinski definition) is 1. The number of nitrogens with one attached hydrogen (secondary N) is 1. The van der Waals surface area contributed by atoms with Gasteiger partial charge in [0.1, 0.15) is 0 Å². The molecule has 0 aliphatic carbocycles. The van der Waals surface area contributed by atoms with E-state index in [2.05, 4.69) is 25.7 Å². The van der Waals surface area contributed by atoms with Gasteiger partial charge in [-0.1, -0.05) is 19.9 Å². The monoisotopic (exact) mass is 153 g/mol. The molecular formula is C10H19N. The van der Waals surface area contributed by atoms with Crippen LogP contribution in [0.3, 0.4) is 0 Å². The van der Waals surface area contributed by atoms with Crippen molar-refractivity contribution in [3.63, 3.8) is 0 Å². The van der Waals surface area contributed by atoms with E-state index in [1.54, 1.807) is 0 Å². The molecule has 64 valence electrons. The number of rotatable bonds is 2. The first-order valence-corrected chi connectivity index (χ1v) is 4.51. The normalized spacial score (nSPS) is 29.8. The molecule has 1 aliphatic rings. The molecule has 1 heterocycles. The summed E-state index contributed by atoms with van der Waals surface area (Å²) >= 11 is 0. The molecule has 0 aromatic carbocycles. The Kier molecular flexibility index (Phi) is 2.72. The van der Waals surface area contributed by atoms with E-state index in [4.69, 9.17) is 0 Å². The molecule has 1 N–H and O–H groups in total. The third kappa shape index (κ3) is 2.06. The zero-order valence-electron chi connectivity index (χ0n) is 7.69. The summed E-state index contributed by atoms with van der Waals surface area (Å²) in [5.74, 6) is 0. The molecule has 0 amide bonds. The van der Waals surface area contributed by atoms with Gasteiger partial charge in [-0.05, 0) is 31.2 Å². The first kappa shape index (κ1) is 8.79. The van der Waals surface area contributed by atoms with E-state index >= 15 is 0 Å². The van der Waals surface area contributed by atoms with Gasteiger partial charge in [-0.2, -0.15) is 0 Å². The lowest BCUT2D eigenvalue weighted by molar-refractivity contribution is 0.181. The molecule has 1 saturated heterocycles. The maximum absolute atomic E-state index is 3.78. The smallest absolute Gasteiger partial charge is 0.0153 e. The van der Waals surface area contributed by atoms with E-state index in [0.29, 0.717) is 11.5 Å². The number of hydrogen-bond acceptors (Lipinski definition) is 1. The van der Waals surface area contributed by atoms with E-state index in [-0.39, 0.29) is 0 Å². The second kappa shape index (κ2) is 3.40. The molecule has 1 rings (SSSR count). The predicted molar refractivity (Wildman–Crippen MR) is 49.6 cm³/mol. The third-order valence-corrected chi connectivity index (χ3v) is 2.73. The Morgan fingerprint density at radius 1 is 1.64 bits per heavy atom. The maximum Gasteiger partial charge on any atom is 0.0153 e. The molecule has 0 aromatic heterocycles. The van der Waals surface area contributed by atoms with Crippen molar-refractivity contribution >= 4 is 0 Å². The van der Waals surface area contributed by atoms with Gasteiger partial charge in [0.25, 0.3) is 0 Å². The van der Waals surface area contributed by atoms with Crippen LogP contribution in [0.1, 0.15) is 33.1 Å². The van der Waals surface area contributed by atoms with Gasteiger partial charge in [0.15, 0.2) is 0 Å². The Hall–Kier alpha value is -0.300. The second-order valence-electron chi connectivity index (χ2n) is 4.12. The Bertz CT molecular complexity index is 138. The zero-order valence-corrected chi connectivity index (χ0v) is 7.69. The van der Waals surface area contributed by atoms with E-state index < -0.39 is 0 Å². The SMILES string of the molecule is C=CC[C@H]1NCCCC1(C)C. The molecule has 0 aromatic rings. The molecule has 11 heavy (non-hydrogen) atoms. The molecule has 0 saturated carbocycles. The van der Waals surface area contributed by atoms with E-state index in [1.807, 2.05) is 6.08 Å². The van der Waals surface area contributed by atoms with Crippen molar-refractivity contribution in [3.8, 4) is 0 Å². The first-order valence-electron chi connectivity index (χ1n) is 4.51. The van der Waals surface area contributed by atoms with Crippen molar-refractivity contribution in [1.82, 2.24) is 5.32 Å². The van der Waals surface area contributed by atoms with Crippen molar-refractivity contribution < 1.29 is 0 Å². The molecule has 1 heteroatoms. The molecule has 0 spiro atoms. The van der Waals surface area contributed by atoms with Crippen LogP contribution in [0, 0.1) is 5.41 Å². The summed E-state index contributed by atoms with van der Waals surface area (Å²) in [6.07, 6.45) is 5.79. The van der Waals surface area contributed by atoms with Gasteiger partial charge in [-0.3, -0.25) is 0 Å². The molecule has 0 radical (unpaired) electrons. The van der Waals surface area contributed by atoms with Crippen LogP contribution in [-0.2, 0) is 0 Å². The summed E-state index contributed by atoms with van der Waals surface area (Å²) in [7, 11) is 0. The topological polar surface area (TPSA) is 12.0 Å². The van der Waals surface area contributed by atoms with Crippen LogP contribution >= 0.6 is 0 Å². The molecule has 1 nitrogen and oxygen atoms in total. The number of piperidine rings is 1. The molecule has 1 aliphatic heterocycles. The third-order valence-electron chi connectivity index (χ3n) is 2.73.